The molecule has 1 aliphatic heterocycles. The number of allylic oxidation sites excluding steroid dienone is 4. The SMILES string of the molecule is CN(C)CCOCC1=CC=C2C=CC=c3sc4ccc(Cl)cc4c3=C2S1. The molecular weight excluding hydrogens is 382 g/mol. The third kappa shape index (κ3) is 3.71. The smallest absolute Gasteiger partial charge is 0.0779 e. The second-order valence-electron chi connectivity index (χ2n) is 6.55. The molecule has 1 aliphatic carbocycles. The van der Waals surface area contributed by atoms with Gasteiger partial charge in [-0.15, -0.1) is 11.3 Å². The number of thioether (sulfide) groups is 1. The summed E-state index contributed by atoms with van der Waals surface area (Å²) in [6.45, 7) is 2.33. The van der Waals surface area contributed by atoms with E-state index in [2.05, 4.69) is 61.5 Å². The molecule has 0 spiro atoms. The maximum absolute atomic E-state index is 6.29. The minimum Gasteiger partial charge on any atom is -0.375 e. The Morgan fingerprint density at radius 1 is 1.15 bits per heavy atom. The van der Waals surface area contributed by atoms with Crippen LogP contribution in [-0.4, -0.2) is 38.8 Å². The number of nitrogens with zero attached hydrogens (tertiary/aromatic N) is 1. The summed E-state index contributed by atoms with van der Waals surface area (Å²) in [6, 6.07) is 6.17. The van der Waals surface area contributed by atoms with Gasteiger partial charge in [-0.2, -0.15) is 0 Å². The van der Waals surface area contributed by atoms with Gasteiger partial charge in [-0.25, -0.2) is 0 Å². The van der Waals surface area contributed by atoms with Gasteiger partial charge in [0.15, 0.2) is 0 Å². The first-order chi connectivity index (χ1) is 12.6. The average Bonchev–Trinajstić information content (AvgIpc) is 2.86. The molecule has 1 aromatic heterocycles. The number of ether oxygens (including phenoxy) is 1. The summed E-state index contributed by atoms with van der Waals surface area (Å²) in [5.74, 6) is 0. The van der Waals surface area contributed by atoms with Crippen LogP contribution in [0.25, 0.3) is 21.1 Å². The predicted octanol–water partition coefficient (Wildman–Crippen LogP) is 4.15. The predicted molar refractivity (Wildman–Crippen MR) is 116 cm³/mol. The van der Waals surface area contributed by atoms with Crippen molar-refractivity contribution in [2.45, 2.75) is 0 Å². The summed E-state index contributed by atoms with van der Waals surface area (Å²) in [5.41, 5.74) is 1.25. The molecule has 0 radical (unpaired) electrons. The van der Waals surface area contributed by atoms with Crippen LogP contribution in [0.1, 0.15) is 0 Å². The van der Waals surface area contributed by atoms with Crippen LogP contribution in [0.5, 0.6) is 0 Å². The second-order valence-corrected chi connectivity index (χ2v) is 9.21. The van der Waals surface area contributed by atoms with Gasteiger partial charge in [0.1, 0.15) is 0 Å². The third-order valence-electron chi connectivity index (χ3n) is 4.30. The van der Waals surface area contributed by atoms with Crippen molar-refractivity contribution in [1.29, 1.82) is 0 Å². The molecular formula is C21H20ClNOS2. The van der Waals surface area contributed by atoms with E-state index in [1.54, 1.807) is 0 Å². The van der Waals surface area contributed by atoms with Crippen LogP contribution in [0.15, 0.2) is 53.0 Å². The Morgan fingerprint density at radius 3 is 2.88 bits per heavy atom. The number of rotatable bonds is 5. The molecule has 0 saturated heterocycles. The summed E-state index contributed by atoms with van der Waals surface area (Å²) in [4.78, 5) is 4.67. The van der Waals surface area contributed by atoms with Crippen LogP contribution < -0.4 is 9.75 Å². The van der Waals surface area contributed by atoms with E-state index in [1.807, 2.05) is 29.2 Å². The normalized spacial score (nSPS) is 16.1. The van der Waals surface area contributed by atoms with E-state index in [1.165, 1.54) is 35.2 Å². The molecule has 0 fully saturated rings. The number of halogens is 1. The van der Waals surface area contributed by atoms with Crippen molar-refractivity contribution in [3.8, 4) is 0 Å². The first-order valence-corrected chi connectivity index (χ1v) is 10.6. The zero-order chi connectivity index (χ0) is 18.1. The van der Waals surface area contributed by atoms with Gasteiger partial charge in [0.2, 0.25) is 0 Å². The highest BCUT2D eigenvalue weighted by Crippen LogP contribution is 2.37. The van der Waals surface area contributed by atoms with Crippen molar-refractivity contribution in [3.05, 3.63) is 67.8 Å². The summed E-state index contributed by atoms with van der Waals surface area (Å²) >= 11 is 9.92. The molecule has 2 aliphatic rings. The lowest BCUT2D eigenvalue weighted by Gasteiger charge is -2.16. The van der Waals surface area contributed by atoms with E-state index in [0.29, 0.717) is 6.61 Å². The molecule has 0 saturated carbocycles. The van der Waals surface area contributed by atoms with Crippen LogP contribution in [-0.2, 0) is 4.74 Å². The van der Waals surface area contributed by atoms with E-state index >= 15 is 0 Å². The van der Waals surface area contributed by atoms with Crippen molar-refractivity contribution in [1.82, 2.24) is 4.90 Å². The Labute approximate surface area is 166 Å². The molecule has 0 N–H and O–H groups in total. The standard InChI is InChI=1S/C21H20ClNOS2/c1-23(2)10-11-24-13-16-8-6-14-4-3-5-19-20(21(14)25-16)17-12-15(22)7-9-18(17)26-19/h3-9,12H,10-11,13H2,1-2H3. The monoisotopic (exact) mass is 401 g/mol. The van der Waals surface area contributed by atoms with E-state index in [4.69, 9.17) is 16.3 Å². The van der Waals surface area contributed by atoms with Crippen LogP contribution in [0.2, 0.25) is 5.02 Å². The van der Waals surface area contributed by atoms with Gasteiger partial charge in [-0.1, -0.05) is 41.6 Å². The maximum atomic E-state index is 6.29. The topological polar surface area (TPSA) is 12.5 Å². The van der Waals surface area contributed by atoms with Crippen LogP contribution in [0.4, 0.5) is 0 Å². The highest BCUT2D eigenvalue weighted by Gasteiger charge is 2.17. The van der Waals surface area contributed by atoms with Crippen molar-refractivity contribution in [3.63, 3.8) is 0 Å². The van der Waals surface area contributed by atoms with Crippen molar-refractivity contribution in [2.75, 3.05) is 33.9 Å². The molecule has 4 rings (SSSR count). The quantitative estimate of drug-likeness (QED) is 0.698. The molecule has 0 unspecified atom stereocenters. The third-order valence-corrected chi connectivity index (χ3v) is 6.83. The Kier molecular flexibility index (Phi) is 5.39. The van der Waals surface area contributed by atoms with Crippen molar-refractivity contribution < 1.29 is 4.74 Å². The minimum atomic E-state index is 0.650. The number of likely N-dealkylation sites (N-methyl/N-ethyl adjacent to an activating group) is 1. The molecule has 2 heterocycles. The highest BCUT2D eigenvalue weighted by atomic mass is 35.5. The van der Waals surface area contributed by atoms with Crippen LogP contribution in [0, 0.1) is 0 Å². The minimum absolute atomic E-state index is 0.650. The fourth-order valence-corrected chi connectivity index (χ4v) is 5.44. The van der Waals surface area contributed by atoms with Gasteiger partial charge in [-0.3, -0.25) is 0 Å². The number of hydrogen-bond acceptors (Lipinski definition) is 4. The van der Waals surface area contributed by atoms with E-state index in [0.717, 1.165) is 18.2 Å². The largest absolute Gasteiger partial charge is 0.375 e. The van der Waals surface area contributed by atoms with Crippen molar-refractivity contribution >= 4 is 55.8 Å². The Bertz CT molecular complexity index is 1060. The lowest BCUT2D eigenvalue weighted by molar-refractivity contribution is 0.140. The zero-order valence-electron chi connectivity index (χ0n) is 14.8. The molecule has 134 valence electrons. The molecule has 2 nitrogen and oxygen atoms in total. The Morgan fingerprint density at radius 2 is 2.04 bits per heavy atom. The Hall–Kier alpha value is -1.30. The summed E-state index contributed by atoms with van der Waals surface area (Å²) in [5, 5.41) is 3.32. The molecule has 0 amide bonds. The lowest BCUT2D eigenvalue weighted by atomic mass is 10.1. The molecule has 5 heteroatoms. The second kappa shape index (κ2) is 7.75. The number of thiophene rings is 1. The van der Waals surface area contributed by atoms with Gasteiger partial charge in [0, 0.05) is 41.2 Å². The van der Waals surface area contributed by atoms with E-state index in [9.17, 15) is 0 Å². The number of hydrogen-bond donors (Lipinski definition) is 0. The van der Waals surface area contributed by atoms with Crippen LogP contribution >= 0.6 is 34.7 Å². The molecule has 26 heavy (non-hydrogen) atoms. The molecule has 0 bridgehead atoms. The average molecular weight is 402 g/mol. The van der Waals surface area contributed by atoms with E-state index < -0.39 is 0 Å². The first kappa shape index (κ1) is 18.1. The summed E-state index contributed by atoms with van der Waals surface area (Å²) in [6.07, 6.45) is 10.9. The van der Waals surface area contributed by atoms with E-state index in [-0.39, 0.29) is 0 Å². The molecule has 2 aromatic rings. The lowest BCUT2D eigenvalue weighted by Crippen LogP contribution is -2.21. The Balaban J connectivity index is 1.73. The summed E-state index contributed by atoms with van der Waals surface area (Å²) < 4.78 is 8.42. The number of fused-ring (bicyclic) bond motifs is 4. The van der Waals surface area contributed by atoms with Gasteiger partial charge in [-0.05, 0) is 50.0 Å². The highest BCUT2D eigenvalue weighted by molar-refractivity contribution is 8.11. The van der Waals surface area contributed by atoms with Crippen LogP contribution in [0.3, 0.4) is 0 Å². The van der Waals surface area contributed by atoms with Gasteiger partial charge in [0.25, 0.3) is 0 Å². The summed E-state index contributed by atoms with van der Waals surface area (Å²) in [7, 11) is 4.12. The van der Waals surface area contributed by atoms with Gasteiger partial charge in [0.05, 0.1) is 13.2 Å². The first-order valence-electron chi connectivity index (χ1n) is 8.54. The van der Waals surface area contributed by atoms with Gasteiger partial charge >= 0.3 is 0 Å². The zero-order valence-corrected chi connectivity index (χ0v) is 17.2. The fraction of sp³-hybridized carbons (Fsp3) is 0.238. The molecule has 1 aromatic carbocycles. The van der Waals surface area contributed by atoms with Crippen molar-refractivity contribution in [2.24, 2.45) is 0 Å². The molecule has 0 atom stereocenters. The number of benzene rings is 1. The fourth-order valence-electron chi connectivity index (χ4n) is 2.99. The van der Waals surface area contributed by atoms with Gasteiger partial charge < -0.3 is 9.64 Å². The maximum Gasteiger partial charge on any atom is 0.0779 e.